The molecule has 0 atom stereocenters. The maximum Gasteiger partial charge on any atom is 0.501 e. The van der Waals surface area contributed by atoms with Crippen LogP contribution in [0.2, 0.25) is 0 Å². The molecular formula is C17H12F3N3O3S. The van der Waals surface area contributed by atoms with Gasteiger partial charge in [0.2, 0.25) is 5.88 Å². The van der Waals surface area contributed by atoms with Crippen LogP contribution in [0.1, 0.15) is 5.82 Å². The van der Waals surface area contributed by atoms with E-state index in [0.717, 1.165) is 29.8 Å². The number of rotatable bonds is 4. The molecule has 2 aromatic heterocycles. The summed E-state index contributed by atoms with van der Waals surface area (Å²) in [5.41, 5.74) is -4.07. The van der Waals surface area contributed by atoms with E-state index in [1.165, 1.54) is 0 Å². The Bertz CT molecular complexity index is 1050. The summed E-state index contributed by atoms with van der Waals surface area (Å²) in [5.74, 6) is 0.710. The van der Waals surface area contributed by atoms with E-state index in [1.54, 1.807) is 37.5 Å². The minimum absolute atomic E-state index is 0.131. The van der Waals surface area contributed by atoms with Crippen LogP contribution in [0.3, 0.4) is 0 Å². The molecule has 0 aliphatic rings. The van der Waals surface area contributed by atoms with Crippen molar-refractivity contribution < 1.29 is 26.3 Å². The van der Waals surface area contributed by atoms with E-state index in [-0.39, 0.29) is 11.6 Å². The summed E-state index contributed by atoms with van der Waals surface area (Å²) >= 11 is 0. The molecule has 0 saturated heterocycles. The molecule has 0 aliphatic heterocycles. The molecule has 0 spiro atoms. The number of aryl methyl sites for hydroxylation is 1. The summed E-state index contributed by atoms with van der Waals surface area (Å²) in [5, 5.41) is 0. The largest absolute Gasteiger partial charge is 0.501 e. The number of aromatic nitrogens is 3. The second kappa shape index (κ2) is 6.95. The number of halogens is 3. The van der Waals surface area contributed by atoms with Gasteiger partial charge in [0.25, 0.3) is 9.84 Å². The number of alkyl halides is 3. The van der Waals surface area contributed by atoms with Crippen LogP contribution in [-0.2, 0) is 9.84 Å². The second-order valence-corrected chi connectivity index (χ2v) is 7.34. The molecule has 10 heteroatoms. The molecule has 0 bridgehead atoms. The van der Waals surface area contributed by atoms with Gasteiger partial charge in [-0.3, -0.25) is 4.98 Å². The van der Waals surface area contributed by atoms with Crippen LogP contribution < -0.4 is 4.74 Å². The van der Waals surface area contributed by atoms with Crippen LogP contribution in [0.5, 0.6) is 11.6 Å². The highest BCUT2D eigenvalue weighted by Gasteiger charge is 2.46. The van der Waals surface area contributed by atoms with Gasteiger partial charge in [0.05, 0.1) is 10.6 Å². The first kappa shape index (κ1) is 18.8. The minimum Gasteiger partial charge on any atom is -0.439 e. The average Bonchev–Trinajstić information content (AvgIpc) is 2.61. The lowest BCUT2D eigenvalue weighted by molar-refractivity contribution is -0.0436. The normalized spacial score (nSPS) is 12.0. The molecule has 0 N–H and O–H groups in total. The van der Waals surface area contributed by atoms with Crippen molar-refractivity contribution >= 4 is 9.84 Å². The quantitative estimate of drug-likeness (QED) is 0.666. The van der Waals surface area contributed by atoms with E-state index in [9.17, 15) is 21.6 Å². The monoisotopic (exact) mass is 395 g/mol. The number of pyridine rings is 1. The number of hydrogen-bond acceptors (Lipinski definition) is 6. The molecular weight excluding hydrogens is 383 g/mol. The smallest absolute Gasteiger partial charge is 0.439 e. The summed E-state index contributed by atoms with van der Waals surface area (Å²) in [6, 6.07) is 8.99. The van der Waals surface area contributed by atoms with Gasteiger partial charge in [-0.05, 0) is 43.3 Å². The second-order valence-electron chi connectivity index (χ2n) is 5.40. The Morgan fingerprint density at radius 2 is 1.74 bits per heavy atom. The molecule has 3 rings (SSSR count). The Morgan fingerprint density at radius 1 is 1.04 bits per heavy atom. The van der Waals surface area contributed by atoms with E-state index in [2.05, 4.69) is 15.0 Å². The van der Waals surface area contributed by atoms with Crippen molar-refractivity contribution in [3.63, 3.8) is 0 Å². The highest BCUT2D eigenvalue weighted by molar-refractivity contribution is 7.92. The fourth-order valence-electron chi connectivity index (χ4n) is 2.20. The van der Waals surface area contributed by atoms with Gasteiger partial charge in [-0.1, -0.05) is 0 Å². The van der Waals surface area contributed by atoms with Crippen LogP contribution in [0.25, 0.3) is 11.3 Å². The SMILES string of the molecule is Cc1nc(Oc2ccc(S(=O)(=O)C(F)(F)F)cc2)cc(-c2cccnc2)n1. The zero-order chi connectivity index (χ0) is 19.7. The maximum atomic E-state index is 12.6. The fourth-order valence-corrected chi connectivity index (χ4v) is 2.96. The van der Waals surface area contributed by atoms with Gasteiger partial charge < -0.3 is 4.74 Å². The van der Waals surface area contributed by atoms with Crippen molar-refractivity contribution in [2.75, 3.05) is 0 Å². The van der Waals surface area contributed by atoms with E-state index in [1.807, 2.05) is 0 Å². The van der Waals surface area contributed by atoms with Gasteiger partial charge in [0.1, 0.15) is 11.6 Å². The van der Waals surface area contributed by atoms with Crippen LogP contribution in [0.15, 0.2) is 59.8 Å². The fraction of sp³-hybridized carbons (Fsp3) is 0.118. The van der Waals surface area contributed by atoms with Crippen LogP contribution >= 0.6 is 0 Å². The molecule has 0 aliphatic carbocycles. The third-order valence-electron chi connectivity index (χ3n) is 3.43. The summed E-state index contributed by atoms with van der Waals surface area (Å²) in [6.07, 6.45) is 3.23. The summed E-state index contributed by atoms with van der Waals surface area (Å²) in [7, 11) is -5.40. The Balaban J connectivity index is 1.87. The number of ether oxygens (including phenoxy) is 1. The van der Waals surface area contributed by atoms with Crippen LogP contribution in [-0.4, -0.2) is 28.9 Å². The number of nitrogens with zero attached hydrogens (tertiary/aromatic N) is 3. The lowest BCUT2D eigenvalue weighted by Crippen LogP contribution is -2.23. The third-order valence-corrected chi connectivity index (χ3v) is 4.94. The van der Waals surface area contributed by atoms with E-state index < -0.39 is 20.2 Å². The van der Waals surface area contributed by atoms with Crippen molar-refractivity contribution in [1.29, 1.82) is 0 Å². The highest BCUT2D eigenvalue weighted by Crippen LogP contribution is 2.32. The molecule has 1 aromatic carbocycles. The average molecular weight is 395 g/mol. The molecule has 27 heavy (non-hydrogen) atoms. The standard InChI is InChI=1S/C17H12F3N3O3S/c1-11-22-15(12-3-2-8-21-10-12)9-16(23-11)26-13-4-6-14(7-5-13)27(24,25)17(18,19)20/h2-10H,1H3. The van der Waals surface area contributed by atoms with E-state index in [0.29, 0.717) is 11.5 Å². The molecule has 6 nitrogen and oxygen atoms in total. The molecule has 0 amide bonds. The maximum absolute atomic E-state index is 12.6. The minimum atomic E-state index is -5.40. The first-order valence-electron chi connectivity index (χ1n) is 7.52. The molecule has 2 heterocycles. The lowest BCUT2D eigenvalue weighted by Gasteiger charge is -2.10. The first-order valence-corrected chi connectivity index (χ1v) is 9.00. The van der Waals surface area contributed by atoms with Crippen molar-refractivity contribution in [3.05, 3.63) is 60.7 Å². The van der Waals surface area contributed by atoms with Gasteiger partial charge in [0.15, 0.2) is 0 Å². The molecule has 0 radical (unpaired) electrons. The van der Waals surface area contributed by atoms with E-state index in [4.69, 9.17) is 4.74 Å². The Hall–Kier alpha value is -3.01. The summed E-state index contributed by atoms with van der Waals surface area (Å²) < 4.78 is 66.0. The Kier molecular flexibility index (Phi) is 4.83. The zero-order valence-electron chi connectivity index (χ0n) is 13.8. The Morgan fingerprint density at radius 3 is 2.33 bits per heavy atom. The number of sulfone groups is 1. The third kappa shape index (κ3) is 4.05. The van der Waals surface area contributed by atoms with Crippen LogP contribution in [0.4, 0.5) is 13.2 Å². The first-order chi connectivity index (χ1) is 12.7. The predicted octanol–water partition coefficient (Wildman–Crippen LogP) is 3.93. The molecule has 0 fully saturated rings. The van der Waals surface area contributed by atoms with Gasteiger partial charge >= 0.3 is 5.51 Å². The molecule has 3 aromatic rings. The predicted molar refractivity (Wildman–Crippen MR) is 89.8 cm³/mol. The van der Waals surface area contributed by atoms with Gasteiger partial charge in [-0.2, -0.15) is 18.2 Å². The van der Waals surface area contributed by atoms with Crippen molar-refractivity contribution in [3.8, 4) is 22.9 Å². The molecule has 0 unspecified atom stereocenters. The van der Waals surface area contributed by atoms with Gasteiger partial charge in [-0.15, -0.1) is 0 Å². The van der Waals surface area contributed by atoms with Crippen molar-refractivity contribution in [2.24, 2.45) is 0 Å². The number of hydrogen-bond donors (Lipinski definition) is 0. The zero-order valence-corrected chi connectivity index (χ0v) is 14.6. The van der Waals surface area contributed by atoms with Crippen LogP contribution in [0, 0.1) is 6.92 Å². The summed E-state index contributed by atoms with van der Waals surface area (Å²) in [6.45, 7) is 1.66. The molecule has 140 valence electrons. The lowest BCUT2D eigenvalue weighted by atomic mass is 10.2. The number of benzene rings is 1. The van der Waals surface area contributed by atoms with Crippen molar-refractivity contribution in [1.82, 2.24) is 15.0 Å². The van der Waals surface area contributed by atoms with Gasteiger partial charge in [0, 0.05) is 24.0 Å². The Labute approximate surface area is 152 Å². The highest BCUT2D eigenvalue weighted by atomic mass is 32.2. The van der Waals surface area contributed by atoms with Crippen molar-refractivity contribution in [2.45, 2.75) is 17.3 Å². The van der Waals surface area contributed by atoms with Gasteiger partial charge in [-0.25, -0.2) is 13.4 Å². The summed E-state index contributed by atoms with van der Waals surface area (Å²) in [4.78, 5) is 11.5. The van der Waals surface area contributed by atoms with E-state index >= 15 is 0 Å². The molecule has 0 saturated carbocycles. The topological polar surface area (TPSA) is 82.0 Å².